The van der Waals surface area contributed by atoms with E-state index >= 15 is 0 Å². The van der Waals surface area contributed by atoms with Crippen LogP contribution < -0.4 is 9.64 Å². The second-order valence-electron chi connectivity index (χ2n) is 16.0. The third kappa shape index (κ3) is 8.15. The van der Waals surface area contributed by atoms with Crippen molar-refractivity contribution in [3.05, 3.63) is 150 Å². The van der Waals surface area contributed by atoms with Crippen LogP contribution in [0.4, 0.5) is 5.69 Å². The fourth-order valence-electron chi connectivity index (χ4n) is 9.96. The summed E-state index contributed by atoms with van der Waals surface area (Å²) >= 11 is 2.19. The quantitative estimate of drug-likeness (QED) is 0.285. The van der Waals surface area contributed by atoms with Crippen molar-refractivity contribution in [2.45, 2.75) is 95.4 Å². The average molecular weight is 1120 g/mol. The van der Waals surface area contributed by atoms with E-state index < -0.39 is 0 Å². The van der Waals surface area contributed by atoms with Crippen LogP contribution in [0.5, 0.6) is 5.75 Å². The number of hydrogen-bond donors (Lipinski definition) is 0. The third-order valence-electron chi connectivity index (χ3n) is 12.2. The van der Waals surface area contributed by atoms with Crippen LogP contribution in [0.25, 0.3) is 11.1 Å². The van der Waals surface area contributed by atoms with Gasteiger partial charge in [-0.3, -0.25) is 0 Å². The van der Waals surface area contributed by atoms with E-state index in [1.165, 1.54) is 148 Å². The molecule has 55 heavy (non-hydrogen) atoms. The molecule has 0 atom stereocenters. The van der Waals surface area contributed by atoms with Crippen molar-refractivity contribution in [1.29, 1.82) is 0 Å². The Bertz CT molecular complexity index is 2130. The van der Waals surface area contributed by atoms with E-state index in [2.05, 4.69) is 95.4 Å². The zero-order valence-electron chi connectivity index (χ0n) is 33.1. The first-order valence-corrected chi connectivity index (χ1v) is 26.4. The van der Waals surface area contributed by atoms with Crippen LogP contribution in [0.2, 0.25) is 4.48 Å². The van der Waals surface area contributed by atoms with E-state index in [1.54, 1.807) is 0 Å². The molecule has 6 radical (unpaired) electrons. The Balaban J connectivity index is 0.00000210. The van der Waals surface area contributed by atoms with Crippen LogP contribution in [0.15, 0.2) is 116 Å². The molecule has 1 saturated heterocycles. The summed E-state index contributed by atoms with van der Waals surface area (Å²) in [4.78, 5) is 5.20. The fraction of sp³-hybridized carbons (Fsp3) is 0.388. The average Bonchev–Trinajstić information content (AvgIpc) is 3.26. The summed E-state index contributed by atoms with van der Waals surface area (Å²) in [6.45, 7) is 13.5. The molecule has 9 rings (SSSR count). The second kappa shape index (κ2) is 17.3. The van der Waals surface area contributed by atoms with Crippen molar-refractivity contribution < 1.29 is 9.47 Å². The Kier molecular flexibility index (Phi) is 12.3. The molecule has 6 aliphatic heterocycles. The normalized spacial score (nSPS) is 24.2. The number of rotatable bonds is 4. The molecule has 4 nitrogen and oxygen atoms in total. The van der Waals surface area contributed by atoms with Gasteiger partial charge in [-0.15, -0.1) is 0 Å². The number of ether oxygens (including phenoxy) is 2. The van der Waals surface area contributed by atoms with Crippen LogP contribution in [-0.4, -0.2) is 82.6 Å². The van der Waals surface area contributed by atoms with Gasteiger partial charge in [0.1, 0.15) is 5.76 Å². The number of piperidine rings is 1. The third-order valence-corrected chi connectivity index (χ3v) is 13.2. The maximum atomic E-state index is 6.61. The van der Waals surface area contributed by atoms with E-state index in [0.717, 1.165) is 105 Å². The molecule has 280 valence electrons. The molecule has 0 bridgehead atoms. The molecule has 6 heterocycles. The van der Waals surface area contributed by atoms with Crippen molar-refractivity contribution in [3.63, 3.8) is 0 Å². The van der Waals surface area contributed by atoms with E-state index in [0.29, 0.717) is 0 Å². The molecule has 0 amide bonds. The Morgan fingerprint density at radius 1 is 0.782 bits per heavy atom. The summed E-state index contributed by atoms with van der Waals surface area (Å²) in [7, 11) is 0. The van der Waals surface area contributed by atoms with Crippen molar-refractivity contribution >= 4 is 68.4 Å². The minimum absolute atomic E-state index is 0.820. The van der Waals surface area contributed by atoms with Crippen LogP contribution in [0.1, 0.15) is 97.6 Å². The predicted octanol–water partition coefficient (Wildman–Crippen LogP) is 11.0. The molecule has 2 aromatic rings. The SMILES string of the molecule is C=C1O/C=C(/C=C/C2=C(c3cc(C)cc(C)c3)C(=C/C=C3\C=[C]([Pb])Oc4c3cc3c5c4CCCN5CCC3)/CCC2)C/C=C2/CCCN3CCCC1=C23.[CH3][Pb]. The van der Waals surface area contributed by atoms with Gasteiger partial charge in [-0.25, -0.2) is 0 Å². The summed E-state index contributed by atoms with van der Waals surface area (Å²) < 4.78 is 16.2. The van der Waals surface area contributed by atoms with Gasteiger partial charge in [0.2, 0.25) is 0 Å². The Labute approximate surface area is 361 Å². The van der Waals surface area contributed by atoms with Gasteiger partial charge < -0.3 is 9.64 Å². The van der Waals surface area contributed by atoms with Crippen LogP contribution in [-0.2, 0) is 17.6 Å². The van der Waals surface area contributed by atoms with Gasteiger partial charge in [0.25, 0.3) is 0 Å². The first-order valence-electron chi connectivity index (χ1n) is 20.6. The molecule has 0 N–H and O–H groups in total. The molecule has 0 aromatic heterocycles. The van der Waals surface area contributed by atoms with Crippen LogP contribution in [0.3, 0.4) is 0 Å². The molecule has 1 aliphatic carbocycles. The first-order chi connectivity index (χ1) is 26.9. The first kappa shape index (κ1) is 39.0. The summed E-state index contributed by atoms with van der Waals surface area (Å²) in [5, 5.41) is 0. The van der Waals surface area contributed by atoms with Crippen molar-refractivity contribution in [2.75, 3.05) is 31.1 Å². The van der Waals surface area contributed by atoms with Gasteiger partial charge in [-0.05, 0) is 31.3 Å². The fourth-order valence-corrected chi connectivity index (χ4v) is 11.0. The molecule has 0 unspecified atom stereocenters. The number of nitrogens with zero attached hydrogens (tertiary/aromatic N) is 2. The number of aryl methyl sites for hydroxylation is 3. The Morgan fingerprint density at radius 2 is 1.53 bits per heavy atom. The molecule has 2 aromatic carbocycles. The monoisotopic (exact) mass is 1120 g/mol. The summed E-state index contributed by atoms with van der Waals surface area (Å²) in [6.07, 6.45) is 29.7. The standard InChI is InChI=1S/C48H51N2O2.CH3.2Pb/c1-32-27-33(2)29-41(28-32)45-37(17-15-35-16-18-39-11-5-22-49-24-7-13-42(46(39)49)34(3)52-31-35)9-4-10-38(45)20-19-36-21-26-51-48-43-14-8-25-50-23-6-12-40(47(43)50)30-44(36)48;;;/h15,17-21,27-31H,3-14,16,22-25H2,1-2H3;1H3;;/b17-15+,35-31-,36-19+,38-20+,39-18-;;;. The summed E-state index contributed by atoms with van der Waals surface area (Å²) in [6, 6.07) is 9.52. The predicted molar refractivity (Wildman–Crippen MR) is 231 cm³/mol. The van der Waals surface area contributed by atoms with Gasteiger partial charge in [-0.1, -0.05) is 12.7 Å². The topological polar surface area (TPSA) is 24.9 Å². The molecule has 0 saturated carbocycles. The van der Waals surface area contributed by atoms with Crippen molar-refractivity contribution in [1.82, 2.24) is 4.90 Å². The van der Waals surface area contributed by atoms with E-state index in [-0.39, 0.29) is 0 Å². The molecule has 6 heteroatoms. The zero-order chi connectivity index (χ0) is 38.1. The van der Waals surface area contributed by atoms with Gasteiger partial charge in [0, 0.05) is 24.4 Å². The molecule has 0 spiro atoms. The minimum atomic E-state index is 0.820. The number of hydrogen-bond acceptors (Lipinski definition) is 4. The molecular formula is C49H54N2O2Pb2. The molecule has 7 aliphatic rings. The number of anilines is 1. The van der Waals surface area contributed by atoms with Crippen LogP contribution >= 0.6 is 0 Å². The van der Waals surface area contributed by atoms with E-state index in [1.807, 2.05) is 6.26 Å². The summed E-state index contributed by atoms with van der Waals surface area (Å²) in [5.41, 5.74) is 20.6. The van der Waals surface area contributed by atoms with E-state index in [9.17, 15) is 0 Å². The summed E-state index contributed by atoms with van der Waals surface area (Å²) in [5.74, 6) is 1.95. The zero-order valence-corrected chi connectivity index (χ0v) is 40.9. The number of allylic oxidation sites excluding steroid dienone is 13. The Hall–Kier alpha value is -2.86. The molecule has 1 fully saturated rings. The van der Waals surface area contributed by atoms with Gasteiger partial charge in [0.15, 0.2) is 0 Å². The second-order valence-corrected chi connectivity index (χ2v) is 17.9. The van der Waals surface area contributed by atoms with Gasteiger partial charge >= 0.3 is 281 Å². The Morgan fingerprint density at radius 3 is 2.35 bits per heavy atom. The number of benzene rings is 2. The van der Waals surface area contributed by atoms with Gasteiger partial charge in [-0.2, -0.15) is 0 Å². The van der Waals surface area contributed by atoms with Crippen molar-refractivity contribution in [2.24, 2.45) is 0 Å². The van der Waals surface area contributed by atoms with Crippen molar-refractivity contribution in [3.8, 4) is 5.75 Å². The van der Waals surface area contributed by atoms with Gasteiger partial charge in [0.05, 0.1) is 0 Å². The maximum absolute atomic E-state index is 6.61. The number of fused-ring (bicyclic) bond motifs is 2. The molecular weight excluding hydrogens is 1060 g/mol. The van der Waals surface area contributed by atoms with E-state index in [4.69, 9.17) is 9.47 Å². The van der Waals surface area contributed by atoms with Crippen LogP contribution in [0, 0.1) is 13.8 Å².